The maximum Gasteiger partial charge on any atom is 0.407 e. The Bertz CT molecular complexity index is 457. The molecule has 1 unspecified atom stereocenters. The summed E-state index contributed by atoms with van der Waals surface area (Å²) in [5.74, 6) is 1.28. The van der Waals surface area contributed by atoms with E-state index in [0.717, 1.165) is 45.4 Å². The predicted molar refractivity (Wildman–Crippen MR) is 109 cm³/mol. The SMILES string of the molecule is CCNC(=NCC(C(C)C)N1CCOCC1)NCCNC(=O)OC(C)(C)C. The fourth-order valence-electron chi connectivity index (χ4n) is 2.84. The molecule has 0 aromatic rings. The Morgan fingerprint density at radius 3 is 2.33 bits per heavy atom. The molecule has 0 aromatic carbocycles. The van der Waals surface area contributed by atoms with Gasteiger partial charge in [-0.3, -0.25) is 9.89 Å². The number of ether oxygens (including phenoxy) is 2. The number of aliphatic imine (C=N–C) groups is 1. The van der Waals surface area contributed by atoms with Gasteiger partial charge < -0.3 is 25.4 Å². The number of morpholine rings is 1. The highest BCUT2D eigenvalue weighted by Gasteiger charge is 2.23. The monoisotopic (exact) mass is 385 g/mol. The van der Waals surface area contributed by atoms with Crippen molar-refractivity contribution in [3.63, 3.8) is 0 Å². The third-order valence-corrected chi connectivity index (χ3v) is 4.15. The zero-order chi connectivity index (χ0) is 20.3. The molecule has 1 amide bonds. The minimum absolute atomic E-state index is 0.393. The summed E-state index contributed by atoms with van der Waals surface area (Å²) in [5, 5.41) is 9.26. The third-order valence-electron chi connectivity index (χ3n) is 4.15. The fourth-order valence-corrected chi connectivity index (χ4v) is 2.84. The molecule has 1 aliphatic rings. The fraction of sp³-hybridized carbons (Fsp3) is 0.895. The molecule has 1 heterocycles. The van der Waals surface area contributed by atoms with Crippen molar-refractivity contribution in [2.45, 2.75) is 53.2 Å². The van der Waals surface area contributed by atoms with Crippen LogP contribution in [0.3, 0.4) is 0 Å². The number of nitrogens with one attached hydrogen (secondary N) is 3. The van der Waals surface area contributed by atoms with E-state index in [2.05, 4.69) is 34.7 Å². The Morgan fingerprint density at radius 1 is 1.15 bits per heavy atom. The highest BCUT2D eigenvalue weighted by molar-refractivity contribution is 5.79. The maximum absolute atomic E-state index is 11.7. The van der Waals surface area contributed by atoms with E-state index in [9.17, 15) is 4.79 Å². The van der Waals surface area contributed by atoms with Crippen molar-refractivity contribution in [2.24, 2.45) is 10.9 Å². The molecule has 0 spiro atoms. The first-order valence-corrected chi connectivity index (χ1v) is 10.0. The van der Waals surface area contributed by atoms with Crippen LogP contribution >= 0.6 is 0 Å². The molecule has 1 saturated heterocycles. The Kier molecular flexibility index (Phi) is 10.5. The normalized spacial score (nSPS) is 17.5. The van der Waals surface area contributed by atoms with E-state index in [0.29, 0.717) is 25.0 Å². The first kappa shape index (κ1) is 23.5. The van der Waals surface area contributed by atoms with Crippen LogP contribution in [-0.2, 0) is 9.47 Å². The molecular weight excluding hydrogens is 346 g/mol. The second-order valence-electron chi connectivity index (χ2n) is 8.03. The van der Waals surface area contributed by atoms with Crippen molar-refractivity contribution >= 4 is 12.1 Å². The van der Waals surface area contributed by atoms with Gasteiger partial charge in [-0.25, -0.2) is 4.79 Å². The minimum Gasteiger partial charge on any atom is -0.444 e. The van der Waals surface area contributed by atoms with Crippen molar-refractivity contribution in [3.05, 3.63) is 0 Å². The van der Waals surface area contributed by atoms with Crippen LogP contribution in [0, 0.1) is 5.92 Å². The van der Waals surface area contributed by atoms with Crippen LogP contribution in [-0.4, -0.2) is 81.1 Å². The first-order valence-electron chi connectivity index (χ1n) is 10.0. The molecule has 1 rings (SSSR count). The quantitative estimate of drug-likeness (QED) is 0.333. The summed E-state index contributed by atoms with van der Waals surface area (Å²) in [7, 11) is 0. The van der Waals surface area contributed by atoms with Gasteiger partial charge in [0.2, 0.25) is 0 Å². The summed E-state index contributed by atoms with van der Waals surface area (Å²) >= 11 is 0. The number of guanidine groups is 1. The van der Waals surface area contributed by atoms with Gasteiger partial charge in [0.1, 0.15) is 5.60 Å². The zero-order valence-electron chi connectivity index (χ0n) is 17.9. The number of rotatable bonds is 8. The lowest BCUT2D eigenvalue weighted by Gasteiger charge is -2.36. The average Bonchev–Trinajstić information content (AvgIpc) is 2.57. The van der Waals surface area contributed by atoms with Gasteiger partial charge in [0, 0.05) is 38.8 Å². The van der Waals surface area contributed by atoms with Gasteiger partial charge in [-0.1, -0.05) is 13.8 Å². The standard InChI is InChI=1S/C19H39N5O3/c1-7-20-17(21-8-9-22-18(25)27-19(4,5)6)23-14-16(15(2)3)24-10-12-26-13-11-24/h15-16H,7-14H2,1-6H3,(H,22,25)(H2,20,21,23). The summed E-state index contributed by atoms with van der Waals surface area (Å²) in [6.45, 7) is 18.1. The zero-order valence-corrected chi connectivity index (χ0v) is 17.9. The summed E-state index contributed by atoms with van der Waals surface area (Å²) in [4.78, 5) is 18.9. The molecule has 0 radical (unpaired) electrons. The molecule has 1 atom stereocenters. The van der Waals surface area contributed by atoms with Crippen LogP contribution in [0.2, 0.25) is 0 Å². The molecule has 1 aliphatic heterocycles. The lowest BCUT2D eigenvalue weighted by atomic mass is 10.0. The number of nitrogens with zero attached hydrogens (tertiary/aromatic N) is 2. The molecule has 1 fully saturated rings. The van der Waals surface area contributed by atoms with Crippen molar-refractivity contribution < 1.29 is 14.3 Å². The lowest BCUT2D eigenvalue weighted by Crippen LogP contribution is -2.48. The summed E-state index contributed by atoms with van der Waals surface area (Å²) in [6.07, 6.45) is -0.404. The Hall–Kier alpha value is -1.54. The molecule has 0 saturated carbocycles. The molecule has 0 bridgehead atoms. The van der Waals surface area contributed by atoms with Crippen molar-refractivity contribution in [1.29, 1.82) is 0 Å². The molecule has 27 heavy (non-hydrogen) atoms. The summed E-state index contributed by atoms with van der Waals surface area (Å²) < 4.78 is 10.7. The Labute approximate surface area is 164 Å². The van der Waals surface area contributed by atoms with Crippen LogP contribution in [0.1, 0.15) is 41.5 Å². The van der Waals surface area contributed by atoms with Crippen LogP contribution in [0.5, 0.6) is 0 Å². The molecule has 158 valence electrons. The second-order valence-corrected chi connectivity index (χ2v) is 8.03. The molecule has 8 nitrogen and oxygen atoms in total. The van der Waals surface area contributed by atoms with Crippen molar-refractivity contribution in [1.82, 2.24) is 20.9 Å². The maximum atomic E-state index is 11.7. The van der Waals surface area contributed by atoms with E-state index in [1.165, 1.54) is 0 Å². The number of hydrogen-bond acceptors (Lipinski definition) is 5. The Balaban J connectivity index is 2.46. The van der Waals surface area contributed by atoms with Gasteiger partial charge >= 0.3 is 6.09 Å². The smallest absolute Gasteiger partial charge is 0.407 e. The van der Waals surface area contributed by atoms with Crippen molar-refractivity contribution in [3.8, 4) is 0 Å². The molecular formula is C19H39N5O3. The van der Waals surface area contributed by atoms with Gasteiger partial charge in [-0.2, -0.15) is 0 Å². The van der Waals surface area contributed by atoms with Crippen LogP contribution in [0.15, 0.2) is 4.99 Å². The average molecular weight is 386 g/mol. The van der Waals surface area contributed by atoms with Gasteiger partial charge in [0.15, 0.2) is 5.96 Å². The second kappa shape index (κ2) is 12.0. The molecule has 8 heteroatoms. The van der Waals surface area contributed by atoms with Crippen LogP contribution in [0.25, 0.3) is 0 Å². The van der Waals surface area contributed by atoms with E-state index in [-0.39, 0.29) is 0 Å². The topological polar surface area (TPSA) is 87.2 Å². The number of alkyl carbamates (subject to hydrolysis) is 1. The first-order chi connectivity index (χ1) is 12.7. The molecule has 0 aliphatic carbocycles. The summed E-state index contributed by atoms with van der Waals surface area (Å²) in [6, 6.07) is 0.393. The van der Waals surface area contributed by atoms with Gasteiger partial charge in [0.05, 0.1) is 19.8 Å². The highest BCUT2D eigenvalue weighted by Crippen LogP contribution is 2.13. The third kappa shape index (κ3) is 10.4. The minimum atomic E-state index is -0.487. The van der Waals surface area contributed by atoms with Gasteiger partial charge in [-0.15, -0.1) is 0 Å². The van der Waals surface area contributed by atoms with E-state index in [4.69, 9.17) is 14.5 Å². The summed E-state index contributed by atoms with van der Waals surface area (Å²) in [5.41, 5.74) is -0.487. The van der Waals surface area contributed by atoms with E-state index in [1.807, 2.05) is 27.7 Å². The van der Waals surface area contributed by atoms with Crippen molar-refractivity contribution in [2.75, 3.05) is 52.5 Å². The van der Waals surface area contributed by atoms with E-state index >= 15 is 0 Å². The lowest BCUT2D eigenvalue weighted by molar-refractivity contribution is 0.00867. The van der Waals surface area contributed by atoms with Gasteiger partial charge in [-0.05, 0) is 33.6 Å². The van der Waals surface area contributed by atoms with E-state index in [1.54, 1.807) is 0 Å². The van der Waals surface area contributed by atoms with Crippen LogP contribution < -0.4 is 16.0 Å². The molecule has 0 aromatic heterocycles. The van der Waals surface area contributed by atoms with E-state index < -0.39 is 11.7 Å². The molecule has 3 N–H and O–H groups in total. The highest BCUT2D eigenvalue weighted by atomic mass is 16.6. The number of amides is 1. The largest absolute Gasteiger partial charge is 0.444 e. The number of hydrogen-bond donors (Lipinski definition) is 3. The number of carbonyl (C=O) groups is 1. The van der Waals surface area contributed by atoms with Gasteiger partial charge in [0.25, 0.3) is 0 Å². The Morgan fingerprint density at radius 2 is 1.78 bits per heavy atom. The predicted octanol–water partition coefficient (Wildman–Crippen LogP) is 1.42. The number of carbonyl (C=O) groups excluding carboxylic acids is 1. The van der Waals surface area contributed by atoms with Crippen LogP contribution in [0.4, 0.5) is 4.79 Å².